The summed E-state index contributed by atoms with van der Waals surface area (Å²) in [4.78, 5) is 2.29. The van der Waals surface area contributed by atoms with Gasteiger partial charge in [-0.15, -0.1) is 0 Å². The van der Waals surface area contributed by atoms with Crippen LogP contribution in [0, 0.1) is 6.92 Å². The Labute approximate surface area is 94.6 Å². The van der Waals surface area contributed by atoms with Crippen LogP contribution in [0.2, 0.25) is 5.02 Å². The van der Waals surface area contributed by atoms with E-state index in [9.17, 15) is 0 Å². The van der Waals surface area contributed by atoms with Gasteiger partial charge in [-0.2, -0.15) is 0 Å². The van der Waals surface area contributed by atoms with E-state index in [0.717, 1.165) is 24.3 Å². The van der Waals surface area contributed by atoms with Gasteiger partial charge < -0.3 is 4.90 Å². The monoisotopic (exact) mass is 223 g/mol. The van der Waals surface area contributed by atoms with Crippen LogP contribution in [0.4, 0.5) is 11.4 Å². The summed E-state index contributed by atoms with van der Waals surface area (Å²) in [5.74, 6) is 0. The number of halogens is 1. The zero-order chi connectivity index (χ0) is 10.8. The molecule has 0 aliphatic carbocycles. The highest BCUT2D eigenvalue weighted by atomic mass is 35.5. The molecular weight excluding hydrogens is 210 g/mol. The van der Waals surface area contributed by atoms with Crippen molar-refractivity contribution in [3.8, 4) is 0 Å². The smallest absolute Gasteiger partial charge is 0.144 e. The highest BCUT2D eigenvalue weighted by molar-refractivity contribution is 6.33. The Morgan fingerprint density at radius 2 is 2.00 bits per heavy atom. The maximum atomic E-state index is 7.01. The van der Waals surface area contributed by atoms with E-state index >= 15 is 0 Å². The van der Waals surface area contributed by atoms with Crippen molar-refractivity contribution in [2.75, 3.05) is 18.0 Å². The van der Waals surface area contributed by atoms with Crippen LogP contribution in [0.5, 0.6) is 0 Å². The third kappa shape index (κ3) is 1.97. The molecule has 1 aromatic carbocycles. The summed E-state index contributed by atoms with van der Waals surface area (Å²) < 4.78 is 0. The molecule has 1 aliphatic rings. The molecule has 0 aromatic heterocycles. The molecule has 1 fully saturated rings. The predicted molar refractivity (Wildman–Crippen MR) is 60.7 cm³/mol. The average molecular weight is 224 g/mol. The number of rotatable bonds is 2. The van der Waals surface area contributed by atoms with Gasteiger partial charge in [0.1, 0.15) is 11.2 Å². The molecule has 0 unspecified atom stereocenters. The first-order valence-electron chi connectivity index (χ1n) is 5.15. The summed E-state index contributed by atoms with van der Waals surface area (Å²) >= 11 is 6.18. The fourth-order valence-corrected chi connectivity index (χ4v) is 2.25. The summed E-state index contributed by atoms with van der Waals surface area (Å²) in [7, 11) is 0. The first kappa shape index (κ1) is 10.4. The Balaban J connectivity index is 2.39. The molecule has 1 radical (unpaired) electrons. The maximum absolute atomic E-state index is 7.01. The minimum Gasteiger partial charge on any atom is -0.370 e. The molecule has 4 heteroatoms. The first-order chi connectivity index (χ1) is 7.22. The van der Waals surface area contributed by atoms with Gasteiger partial charge in [-0.05, 0) is 37.5 Å². The number of nitrogens with one attached hydrogen (secondary N) is 1. The third-order valence-corrected chi connectivity index (χ3v) is 3.14. The highest BCUT2D eigenvalue weighted by Crippen LogP contribution is 2.34. The summed E-state index contributed by atoms with van der Waals surface area (Å²) in [5.41, 5.74) is 9.76. The molecule has 0 amide bonds. The molecule has 0 bridgehead atoms. The number of hydrogen-bond donors (Lipinski definition) is 1. The van der Waals surface area contributed by atoms with E-state index in [0.29, 0.717) is 10.7 Å². The quantitative estimate of drug-likeness (QED) is 0.764. The third-order valence-electron chi connectivity index (χ3n) is 2.83. The maximum Gasteiger partial charge on any atom is 0.144 e. The molecule has 1 N–H and O–H groups in total. The standard InChI is InChI=1S/C11H14ClN3/c1-8-6-11(15-4-2-3-5-15)9(12)7-10(8)14-13/h6-7,13H,2-5H2,1H3/q+1. The zero-order valence-corrected chi connectivity index (χ0v) is 9.51. The Hall–Kier alpha value is -1.09. The van der Waals surface area contributed by atoms with Gasteiger partial charge >= 0.3 is 0 Å². The molecule has 1 saturated heterocycles. The topological polar surface area (TPSA) is 39.4 Å². The van der Waals surface area contributed by atoms with Crippen molar-refractivity contribution in [3.63, 3.8) is 0 Å². The fourth-order valence-electron chi connectivity index (χ4n) is 1.98. The molecule has 1 aromatic rings. The van der Waals surface area contributed by atoms with Crippen molar-refractivity contribution in [2.45, 2.75) is 19.8 Å². The van der Waals surface area contributed by atoms with Crippen molar-refractivity contribution < 1.29 is 5.53 Å². The molecular formula is C11H14ClN3+. The molecule has 1 aliphatic heterocycles. The number of anilines is 1. The lowest BCUT2D eigenvalue weighted by Crippen LogP contribution is -2.22. The van der Waals surface area contributed by atoms with E-state index in [1.54, 1.807) is 6.07 Å². The van der Waals surface area contributed by atoms with Gasteiger partial charge in [0.05, 0.1) is 15.8 Å². The van der Waals surface area contributed by atoms with Gasteiger partial charge in [0.15, 0.2) is 0 Å². The van der Waals surface area contributed by atoms with Gasteiger partial charge in [0.25, 0.3) is 0 Å². The molecule has 0 saturated carbocycles. The second-order valence-corrected chi connectivity index (χ2v) is 4.30. The van der Waals surface area contributed by atoms with Crippen LogP contribution < -0.4 is 10.4 Å². The van der Waals surface area contributed by atoms with Crippen LogP contribution in [0.25, 0.3) is 0 Å². The van der Waals surface area contributed by atoms with Gasteiger partial charge in [-0.1, -0.05) is 11.6 Å². The van der Waals surface area contributed by atoms with Crippen LogP contribution in [-0.4, -0.2) is 13.1 Å². The normalized spacial score (nSPS) is 15.7. The van der Waals surface area contributed by atoms with E-state index in [-0.39, 0.29) is 0 Å². The zero-order valence-electron chi connectivity index (χ0n) is 8.76. The van der Waals surface area contributed by atoms with E-state index in [1.807, 2.05) is 13.0 Å². The highest BCUT2D eigenvalue weighted by Gasteiger charge is 2.17. The molecule has 79 valence electrons. The lowest BCUT2D eigenvalue weighted by molar-refractivity contribution is -0.210. The second-order valence-electron chi connectivity index (χ2n) is 3.90. The molecule has 15 heavy (non-hydrogen) atoms. The Kier molecular flexibility index (Phi) is 2.91. The van der Waals surface area contributed by atoms with Crippen LogP contribution >= 0.6 is 11.6 Å². The van der Waals surface area contributed by atoms with Crippen molar-refractivity contribution in [1.29, 1.82) is 0 Å². The van der Waals surface area contributed by atoms with Crippen molar-refractivity contribution in [2.24, 2.45) is 5.11 Å². The number of aryl methyl sites for hydroxylation is 1. The molecule has 0 atom stereocenters. The number of benzene rings is 1. The van der Waals surface area contributed by atoms with Gasteiger partial charge in [0.2, 0.25) is 0 Å². The van der Waals surface area contributed by atoms with Crippen molar-refractivity contribution in [1.82, 2.24) is 0 Å². The first-order valence-corrected chi connectivity index (χ1v) is 5.52. The molecule has 3 nitrogen and oxygen atoms in total. The average Bonchev–Trinajstić information content (AvgIpc) is 2.74. The van der Waals surface area contributed by atoms with E-state index in [1.165, 1.54) is 12.8 Å². The summed E-state index contributed by atoms with van der Waals surface area (Å²) in [5, 5.41) is 4.15. The molecule has 2 rings (SSSR count). The second kappa shape index (κ2) is 4.19. The van der Waals surface area contributed by atoms with E-state index in [2.05, 4.69) is 10.0 Å². The van der Waals surface area contributed by atoms with Crippen LogP contribution in [-0.2, 0) is 0 Å². The lowest BCUT2D eigenvalue weighted by Gasteiger charge is -2.19. The van der Waals surface area contributed by atoms with Crippen LogP contribution in [0.1, 0.15) is 18.4 Å². The van der Waals surface area contributed by atoms with Gasteiger partial charge in [-0.25, -0.2) is 0 Å². The lowest BCUT2D eigenvalue weighted by atomic mass is 10.1. The fraction of sp³-hybridized carbons (Fsp3) is 0.455. The van der Waals surface area contributed by atoms with Gasteiger partial charge in [-0.3, -0.25) is 0 Å². The van der Waals surface area contributed by atoms with E-state index in [4.69, 9.17) is 17.1 Å². The Morgan fingerprint density at radius 3 is 2.60 bits per heavy atom. The largest absolute Gasteiger partial charge is 0.370 e. The number of nitrogens with zero attached hydrogens (tertiary/aromatic N) is 2. The van der Waals surface area contributed by atoms with E-state index < -0.39 is 0 Å². The predicted octanol–water partition coefficient (Wildman–Crippen LogP) is 1.88. The van der Waals surface area contributed by atoms with Crippen LogP contribution in [0.15, 0.2) is 17.2 Å². The minimum absolute atomic E-state index is 0.656. The number of hydrogen-bond acceptors (Lipinski definition) is 3. The van der Waals surface area contributed by atoms with Crippen molar-refractivity contribution >= 4 is 23.0 Å². The summed E-state index contributed by atoms with van der Waals surface area (Å²) in [6, 6.07) is 3.80. The Morgan fingerprint density at radius 1 is 1.33 bits per heavy atom. The Bertz CT molecular complexity index is 384. The summed E-state index contributed by atoms with van der Waals surface area (Å²) in [6.07, 6.45) is 2.47. The molecule has 1 heterocycles. The van der Waals surface area contributed by atoms with Gasteiger partial charge in [0, 0.05) is 13.1 Å². The summed E-state index contributed by atoms with van der Waals surface area (Å²) in [6.45, 7) is 4.12. The van der Waals surface area contributed by atoms with Crippen molar-refractivity contribution in [3.05, 3.63) is 22.7 Å². The SMILES string of the molecule is Cc1cc(N2CCCC2)c(Cl)cc1N=[NH+]. The van der Waals surface area contributed by atoms with Crippen LogP contribution in [0.3, 0.4) is 0 Å². The minimum atomic E-state index is 0.656. The molecule has 0 spiro atoms.